The highest BCUT2D eigenvalue weighted by atomic mass is 79.9. The Morgan fingerprint density at radius 2 is 2.17 bits per heavy atom. The summed E-state index contributed by atoms with van der Waals surface area (Å²) in [5.74, 6) is -0.195. The summed E-state index contributed by atoms with van der Waals surface area (Å²) in [4.78, 5) is 16.1. The number of amides is 1. The topological polar surface area (TPSA) is 42.0 Å². The van der Waals surface area contributed by atoms with E-state index in [0.717, 1.165) is 4.47 Å². The molecule has 2 aromatic rings. The number of pyridine rings is 1. The third kappa shape index (κ3) is 2.89. The highest BCUT2D eigenvalue weighted by Gasteiger charge is 2.10. The van der Waals surface area contributed by atoms with Crippen LogP contribution in [0.5, 0.6) is 0 Å². The van der Waals surface area contributed by atoms with Gasteiger partial charge < -0.3 is 5.32 Å². The zero-order chi connectivity index (χ0) is 13.1. The molecule has 0 aliphatic rings. The molecule has 0 radical (unpaired) electrons. The summed E-state index contributed by atoms with van der Waals surface area (Å²) < 4.78 is 0.791. The summed E-state index contributed by atoms with van der Waals surface area (Å²) in [7, 11) is 0. The molecule has 0 saturated carbocycles. The maximum absolute atomic E-state index is 12.0. The van der Waals surface area contributed by atoms with Gasteiger partial charge in [0, 0.05) is 22.1 Å². The highest BCUT2D eigenvalue weighted by Crippen LogP contribution is 2.25. The van der Waals surface area contributed by atoms with Crippen LogP contribution in [-0.2, 0) is 0 Å². The van der Waals surface area contributed by atoms with Gasteiger partial charge in [-0.2, -0.15) is 0 Å². The zero-order valence-corrected chi connectivity index (χ0v) is 11.9. The van der Waals surface area contributed by atoms with Crippen LogP contribution in [-0.4, -0.2) is 10.9 Å². The minimum absolute atomic E-state index is 0.195. The lowest BCUT2D eigenvalue weighted by Gasteiger charge is -2.07. The van der Waals surface area contributed by atoms with E-state index in [1.807, 2.05) is 0 Å². The Kier molecular flexibility index (Phi) is 3.99. The van der Waals surface area contributed by atoms with Crippen LogP contribution in [0.15, 0.2) is 41.0 Å². The Balaban J connectivity index is 2.22. The van der Waals surface area contributed by atoms with Crippen LogP contribution in [0, 0.1) is 6.92 Å². The smallest absolute Gasteiger partial charge is 0.257 e. The molecular formula is C13H10BrClN2O. The van der Waals surface area contributed by atoms with Gasteiger partial charge in [0.15, 0.2) is 0 Å². The third-order valence-corrected chi connectivity index (χ3v) is 3.66. The van der Waals surface area contributed by atoms with Gasteiger partial charge in [-0.25, -0.2) is 0 Å². The number of benzene rings is 1. The molecule has 0 unspecified atom stereocenters. The summed E-state index contributed by atoms with van der Waals surface area (Å²) >= 11 is 9.26. The standard InChI is InChI=1S/C13H10BrClN2O/c1-8-10(3-2-6-16-8)13(18)17-9-4-5-11(14)12(15)7-9/h2-7H,1H3,(H,17,18). The van der Waals surface area contributed by atoms with Crippen molar-refractivity contribution in [3.05, 3.63) is 57.3 Å². The molecule has 1 amide bonds. The minimum Gasteiger partial charge on any atom is -0.322 e. The van der Waals surface area contributed by atoms with E-state index in [9.17, 15) is 4.79 Å². The van der Waals surface area contributed by atoms with Crippen molar-refractivity contribution in [2.45, 2.75) is 6.92 Å². The molecule has 18 heavy (non-hydrogen) atoms. The Labute approximate surface area is 118 Å². The first-order valence-electron chi connectivity index (χ1n) is 5.26. The second-order valence-corrected chi connectivity index (χ2v) is 4.98. The third-order valence-electron chi connectivity index (χ3n) is 2.43. The number of rotatable bonds is 2. The summed E-state index contributed by atoms with van der Waals surface area (Å²) in [6.07, 6.45) is 1.66. The molecule has 0 aliphatic heterocycles. The number of aromatic nitrogens is 1. The van der Waals surface area contributed by atoms with Crippen LogP contribution in [0.1, 0.15) is 16.1 Å². The first-order valence-corrected chi connectivity index (χ1v) is 6.43. The fourth-order valence-corrected chi connectivity index (χ4v) is 1.92. The number of nitrogens with one attached hydrogen (secondary N) is 1. The minimum atomic E-state index is -0.195. The Hall–Kier alpha value is -1.39. The van der Waals surface area contributed by atoms with Crippen LogP contribution in [0.2, 0.25) is 5.02 Å². The fraction of sp³-hybridized carbons (Fsp3) is 0.0769. The van der Waals surface area contributed by atoms with E-state index in [0.29, 0.717) is 22.0 Å². The lowest BCUT2D eigenvalue weighted by atomic mass is 10.2. The average molecular weight is 326 g/mol. The van der Waals surface area contributed by atoms with E-state index in [2.05, 4.69) is 26.2 Å². The molecule has 3 nitrogen and oxygen atoms in total. The van der Waals surface area contributed by atoms with Gasteiger partial charge in [-0.15, -0.1) is 0 Å². The summed E-state index contributed by atoms with van der Waals surface area (Å²) in [5, 5.41) is 3.33. The maximum Gasteiger partial charge on any atom is 0.257 e. The van der Waals surface area contributed by atoms with Crippen LogP contribution in [0.4, 0.5) is 5.69 Å². The lowest BCUT2D eigenvalue weighted by molar-refractivity contribution is 0.102. The molecule has 0 aliphatic carbocycles. The molecule has 0 atom stereocenters. The van der Waals surface area contributed by atoms with Gasteiger partial charge in [0.05, 0.1) is 10.6 Å². The van der Waals surface area contributed by atoms with Crippen molar-refractivity contribution in [1.29, 1.82) is 0 Å². The van der Waals surface area contributed by atoms with Crippen molar-refractivity contribution in [2.24, 2.45) is 0 Å². The molecule has 0 bridgehead atoms. The van der Waals surface area contributed by atoms with Gasteiger partial charge in [-0.1, -0.05) is 11.6 Å². The Morgan fingerprint density at radius 1 is 1.39 bits per heavy atom. The second-order valence-electron chi connectivity index (χ2n) is 3.72. The molecular weight excluding hydrogens is 316 g/mol. The predicted molar refractivity (Wildman–Crippen MR) is 76.1 cm³/mol. The van der Waals surface area contributed by atoms with E-state index in [-0.39, 0.29) is 5.91 Å². The van der Waals surface area contributed by atoms with Gasteiger partial charge in [0.1, 0.15) is 0 Å². The predicted octanol–water partition coefficient (Wildman–Crippen LogP) is 4.06. The van der Waals surface area contributed by atoms with Crippen molar-refractivity contribution < 1.29 is 4.79 Å². The molecule has 0 fully saturated rings. The summed E-state index contributed by atoms with van der Waals surface area (Å²) in [6, 6.07) is 8.72. The number of anilines is 1. The molecule has 0 spiro atoms. The largest absolute Gasteiger partial charge is 0.322 e. The van der Waals surface area contributed by atoms with Crippen LogP contribution in [0.25, 0.3) is 0 Å². The molecule has 1 aromatic heterocycles. The second kappa shape index (κ2) is 5.50. The quantitative estimate of drug-likeness (QED) is 0.905. The number of nitrogens with zero attached hydrogens (tertiary/aromatic N) is 1. The van der Waals surface area contributed by atoms with E-state index >= 15 is 0 Å². The van der Waals surface area contributed by atoms with Crippen LogP contribution in [0.3, 0.4) is 0 Å². The van der Waals surface area contributed by atoms with Crippen LogP contribution >= 0.6 is 27.5 Å². The van der Waals surface area contributed by atoms with Crippen molar-refractivity contribution in [2.75, 3.05) is 5.32 Å². The number of halogens is 2. The van der Waals surface area contributed by atoms with Crippen LogP contribution < -0.4 is 5.32 Å². The molecule has 5 heteroatoms. The number of hydrogen-bond acceptors (Lipinski definition) is 2. The van der Waals surface area contributed by atoms with Crippen molar-refractivity contribution in [3.8, 4) is 0 Å². The molecule has 2 rings (SSSR count). The first-order chi connectivity index (χ1) is 8.58. The Morgan fingerprint density at radius 3 is 2.83 bits per heavy atom. The molecule has 0 saturated heterocycles. The normalized spacial score (nSPS) is 10.2. The van der Waals surface area contributed by atoms with E-state index in [1.165, 1.54) is 0 Å². The lowest BCUT2D eigenvalue weighted by Crippen LogP contribution is -2.13. The number of aryl methyl sites for hydroxylation is 1. The van der Waals surface area contributed by atoms with Gasteiger partial charge in [-0.05, 0) is 53.2 Å². The maximum atomic E-state index is 12.0. The fourth-order valence-electron chi connectivity index (χ4n) is 1.50. The van der Waals surface area contributed by atoms with Crippen molar-refractivity contribution >= 4 is 39.1 Å². The van der Waals surface area contributed by atoms with E-state index < -0.39 is 0 Å². The number of carbonyl (C=O) groups excluding carboxylic acids is 1. The zero-order valence-electron chi connectivity index (χ0n) is 9.58. The van der Waals surface area contributed by atoms with Gasteiger partial charge in [-0.3, -0.25) is 9.78 Å². The number of carbonyl (C=O) groups is 1. The summed E-state index contributed by atoms with van der Waals surface area (Å²) in [5.41, 5.74) is 1.89. The molecule has 1 aromatic carbocycles. The first kappa shape index (κ1) is 13.1. The SMILES string of the molecule is Cc1ncccc1C(=O)Nc1ccc(Br)c(Cl)c1. The molecule has 1 N–H and O–H groups in total. The van der Waals surface area contributed by atoms with E-state index in [1.54, 1.807) is 43.5 Å². The Bertz CT molecular complexity index is 601. The highest BCUT2D eigenvalue weighted by molar-refractivity contribution is 9.10. The van der Waals surface area contributed by atoms with E-state index in [4.69, 9.17) is 11.6 Å². The van der Waals surface area contributed by atoms with Crippen molar-refractivity contribution in [3.63, 3.8) is 0 Å². The van der Waals surface area contributed by atoms with Crippen molar-refractivity contribution in [1.82, 2.24) is 4.98 Å². The monoisotopic (exact) mass is 324 g/mol. The molecule has 92 valence electrons. The molecule has 1 heterocycles. The number of hydrogen-bond donors (Lipinski definition) is 1. The van der Waals surface area contributed by atoms with Gasteiger partial charge >= 0.3 is 0 Å². The summed E-state index contributed by atoms with van der Waals surface area (Å²) in [6.45, 7) is 1.80. The van der Waals surface area contributed by atoms with Gasteiger partial charge in [0.2, 0.25) is 0 Å². The van der Waals surface area contributed by atoms with Gasteiger partial charge in [0.25, 0.3) is 5.91 Å². The average Bonchev–Trinajstić information content (AvgIpc) is 2.34.